The Morgan fingerprint density at radius 2 is 1.62 bits per heavy atom. The molecule has 0 bridgehead atoms. The van der Waals surface area contributed by atoms with Gasteiger partial charge in [0.05, 0.1) is 11.6 Å². The van der Waals surface area contributed by atoms with E-state index < -0.39 is 0 Å². The van der Waals surface area contributed by atoms with Crippen molar-refractivity contribution in [1.29, 1.82) is 5.26 Å². The third kappa shape index (κ3) is 11.1. The van der Waals surface area contributed by atoms with Crippen molar-refractivity contribution >= 4 is 9.24 Å². The molecule has 0 aliphatic carbocycles. The molecule has 0 saturated heterocycles. The highest BCUT2D eigenvalue weighted by molar-refractivity contribution is 7.16. The minimum atomic E-state index is 0.715. The summed E-state index contributed by atoms with van der Waals surface area (Å²) < 4.78 is 0. The highest BCUT2D eigenvalue weighted by atomic mass is 31.0. The maximum absolute atomic E-state index is 8.29. The zero-order valence-electron chi connectivity index (χ0n) is 8.62. The molecule has 0 amide bonds. The van der Waals surface area contributed by atoms with E-state index in [1.54, 1.807) is 12.1 Å². The summed E-state index contributed by atoms with van der Waals surface area (Å²) in [5.41, 5.74) is 0.715. The van der Waals surface area contributed by atoms with Crippen molar-refractivity contribution in [2.75, 3.05) is 6.16 Å². The van der Waals surface area contributed by atoms with Gasteiger partial charge >= 0.3 is 0 Å². The van der Waals surface area contributed by atoms with Crippen LogP contribution in [0.25, 0.3) is 0 Å². The van der Waals surface area contributed by atoms with Crippen LogP contribution in [0.5, 0.6) is 0 Å². The Morgan fingerprint density at radius 1 is 1.23 bits per heavy atom. The van der Waals surface area contributed by atoms with E-state index in [0.717, 1.165) is 0 Å². The molecule has 1 aromatic carbocycles. The Morgan fingerprint density at radius 3 is 1.85 bits per heavy atom. The Balaban J connectivity index is 0. The lowest BCUT2D eigenvalue weighted by atomic mass is 10.2. The molecular weight excluding hydrogens is 177 g/mol. The Kier molecular flexibility index (Phi) is 15.5. The van der Waals surface area contributed by atoms with E-state index in [4.69, 9.17) is 5.26 Å². The van der Waals surface area contributed by atoms with E-state index in [0.29, 0.717) is 5.56 Å². The summed E-state index contributed by atoms with van der Waals surface area (Å²) in [6, 6.07) is 11.2. The van der Waals surface area contributed by atoms with Crippen molar-refractivity contribution in [3.63, 3.8) is 0 Å². The van der Waals surface area contributed by atoms with Crippen LogP contribution in [0.15, 0.2) is 30.3 Å². The summed E-state index contributed by atoms with van der Waals surface area (Å²) in [6.45, 7) is 6.09. The number of hydrogen-bond donors (Lipinski definition) is 0. The lowest BCUT2D eigenvalue weighted by Gasteiger charge is -1.80. The first-order valence-corrected chi connectivity index (χ1v) is 5.32. The van der Waals surface area contributed by atoms with Crippen molar-refractivity contribution in [3.8, 4) is 6.07 Å². The smallest absolute Gasteiger partial charge is 0.0991 e. The van der Waals surface area contributed by atoms with Crippen LogP contribution in [0.4, 0.5) is 0 Å². The molecule has 0 radical (unpaired) electrons. The molecule has 0 saturated carbocycles. The molecule has 0 aliphatic rings. The molecule has 1 unspecified atom stereocenters. The first kappa shape index (κ1) is 14.7. The van der Waals surface area contributed by atoms with Crippen LogP contribution in [0.3, 0.4) is 0 Å². The van der Waals surface area contributed by atoms with Gasteiger partial charge in [-0.2, -0.15) is 5.26 Å². The van der Waals surface area contributed by atoms with Crippen molar-refractivity contribution < 1.29 is 0 Å². The molecule has 1 rings (SSSR count). The first-order chi connectivity index (χ1) is 6.35. The van der Waals surface area contributed by atoms with Crippen molar-refractivity contribution in [1.82, 2.24) is 0 Å². The standard InChI is InChI=1S/C7H5N.C2H7P.C2H6/c8-6-7-4-2-1-3-5-7;1-2-3;1-2/h1-5H;2-3H2,1H3;1-2H3. The van der Waals surface area contributed by atoms with Gasteiger partial charge in [0.2, 0.25) is 0 Å². The van der Waals surface area contributed by atoms with Crippen molar-refractivity contribution in [3.05, 3.63) is 35.9 Å². The lowest BCUT2D eigenvalue weighted by molar-refractivity contribution is 1.49. The van der Waals surface area contributed by atoms with E-state index in [9.17, 15) is 0 Å². The van der Waals surface area contributed by atoms with Gasteiger partial charge in [-0.25, -0.2) is 0 Å². The SMILES string of the molecule is CC.CCP.N#Cc1ccccc1. The Bertz CT molecular complexity index is 213. The van der Waals surface area contributed by atoms with Gasteiger partial charge in [0.1, 0.15) is 0 Å². The van der Waals surface area contributed by atoms with Crippen molar-refractivity contribution in [2.24, 2.45) is 0 Å². The van der Waals surface area contributed by atoms with Gasteiger partial charge in [-0.15, -0.1) is 9.24 Å². The number of rotatable bonds is 0. The maximum atomic E-state index is 8.29. The zero-order valence-corrected chi connectivity index (χ0v) is 9.77. The molecule has 0 heterocycles. The van der Waals surface area contributed by atoms with Gasteiger partial charge < -0.3 is 0 Å². The van der Waals surface area contributed by atoms with E-state index in [1.165, 1.54) is 6.16 Å². The molecule has 13 heavy (non-hydrogen) atoms. The second kappa shape index (κ2) is 13.7. The molecule has 1 nitrogen and oxygen atoms in total. The van der Waals surface area contributed by atoms with E-state index in [-0.39, 0.29) is 0 Å². The van der Waals surface area contributed by atoms with E-state index >= 15 is 0 Å². The summed E-state index contributed by atoms with van der Waals surface area (Å²) in [5.74, 6) is 0. The topological polar surface area (TPSA) is 23.8 Å². The number of hydrogen-bond acceptors (Lipinski definition) is 1. The summed E-state index contributed by atoms with van der Waals surface area (Å²) >= 11 is 0. The summed E-state index contributed by atoms with van der Waals surface area (Å²) in [5, 5.41) is 8.29. The van der Waals surface area contributed by atoms with Crippen LogP contribution < -0.4 is 0 Å². The highest BCUT2D eigenvalue weighted by Crippen LogP contribution is 1.93. The normalized spacial score (nSPS) is 6.69. The predicted octanol–water partition coefficient (Wildman–Crippen LogP) is 3.47. The minimum Gasteiger partial charge on any atom is -0.192 e. The molecule has 72 valence electrons. The largest absolute Gasteiger partial charge is 0.192 e. The fraction of sp³-hybridized carbons (Fsp3) is 0.364. The third-order valence-electron chi connectivity index (χ3n) is 0.903. The maximum Gasteiger partial charge on any atom is 0.0991 e. The summed E-state index contributed by atoms with van der Waals surface area (Å²) in [7, 11) is 2.58. The molecule has 1 atom stereocenters. The van der Waals surface area contributed by atoms with Crippen LogP contribution >= 0.6 is 9.24 Å². The first-order valence-electron chi connectivity index (χ1n) is 4.50. The lowest BCUT2D eigenvalue weighted by Crippen LogP contribution is -1.66. The number of nitriles is 1. The second-order valence-corrected chi connectivity index (χ2v) is 2.70. The highest BCUT2D eigenvalue weighted by Gasteiger charge is 1.79. The number of nitrogens with zero attached hydrogens (tertiary/aromatic N) is 1. The van der Waals surface area contributed by atoms with Gasteiger partial charge in [0.25, 0.3) is 0 Å². The molecule has 2 heteroatoms. The Hall–Kier alpha value is -0.860. The molecule has 0 fully saturated rings. The van der Waals surface area contributed by atoms with Gasteiger partial charge in [-0.1, -0.05) is 39.0 Å². The quantitative estimate of drug-likeness (QED) is 0.581. The average molecular weight is 195 g/mol. The van der Waals surface area contributed by atoms with Gasteiger partial charge in [0.15, 0.2) is 0 Å². The van der Waals surface area contributed by atoms with Gasteiger partial charge in [-0.05, 0) is 18.3 Å². The Labute approximate surface area is 84.0 Å². The van der Waals surface area contributed by atoms with E-state index in [1.807, 2.05) is 38.1 Å². The molecule has 0 spiro atoms. The molecular formula is C11H18NP. The third-order valence-corrected chi connectivity index (χ3v) is 0.903. The van der Waals surface area contributed by atoms with Gasteiger partial charge in [0, 0.05) is 0 Å². The molecule has 0 N–H and O–H groups in total. The van der Waals surface area contributed by atoms with Crippen LogP contribution in [0, 0.1) is 11.3 Å². The predicted molar refractivity (Wildman–Crippen MR) is 62.8 cm³/mol. The van der Waals surface area contributed by atoms with Gasteiger partial charge in [-0.3, -0.25) is 0 Å². The molecule has 0 aromatic heterocycles. The van der Waals surface area contributed by atoms with Crippen LogP contribution in [-0.4, -0.2) is 6.16 Å². The fourth-order valence-corrected chi connectivity index (χ4v) is 0.513. The van der Waals surface area contributed by atoms with Crippen LogP contribution in [0.1, 0.15) is 26.3 Å². The summed E-state index contributed by atoms with van der Waals surface area (Å²) in [4.78, 5) is 0. The van der Waals surface area contributed by atoms with Crippen LogP contribution in [-0.2, 0) is 0 Å². The van der Waals surface area contributed by atoms with E-state index in [2.05, 4.69) is 16.2 Å². The second-order valence-electron chi connectivity index (χ2n) is 1.89. The molecule has 0 aliphatic heterocycles. The average Bonchev–Trinajstić information content (AvgIpc) is 2.23. The zero-order chi connectivity index (χ0) is 10.5. The minimum absolute atomic E-state index is 0.715. The van der Waals surface area contributed by atoms with Crippen molar-refractivity contribution in [2.45, 2.75) is 20.8 Å². The monoisotopic (exact) mass is 195 g/mol. The molecule has 1 aromatic rings. The summed E-state index contributed by atoms with van der Waals surface area (Å²) in [6.07, 6.45) is 1.17. The van der Waals surface area contributed by atoms with Crippen LogP contribution in [0.2, 0.25) is 0 Å². The fourth-order valence-electron chi connectivity index (χ4n) is 0.513. The number of benzene rings is 1.